The van der Waals surface area contributed by atoms with E-state index in [1.165, 1.54) is 11.4 Å². The van der Waals surface area contributed by atoms with Crippen LogP contribution in [-0.2, 0) is 21.2 Å². The maximum Gasteiger partial charge on any atom is 0.323 e. The lowest BCUT2D eigenvalue weighted by Crippen LogP contribution is -2.48. The molecule has 0 aliphatic carbocycles. The quantitative estimate of drug-likeness (QED) is 0.372. The Morgan fingerprint density at radius 1 is 1.05 bits per heavy atom. The van der Waals surface area contributed by atoms with Crippen molar-refractivity contribution in [2.75, 3.05) is 37.4 Å². The molecular weight excluding hydrogens is 544 g/mol. The van der Waals surface area contributed by atoms with Gasteiger partial charge in [0.15, 0.2) is 0 Å². The van der Waals surface area contributed by atoms with Crippen LogP contribution in [0.25, 0.3) is 0 Å². The van der Waals surface area contributed by atoms with Gasteiger partial charge < -0.3 is 25.4 Å². The molecule has 0 spiro atoms. The summed E-state index contributed by atoms with van der Waals surface area (Å²) < 4.78 is 34.2. The van der Waals surface area contributed by atoms with Crippen molar-refractivity contribution in [3.63, 3.8) is 0 Å². The number of fused-ring (bicyclic) bond motifs is 1. The normalized spacial score (nSPS) is 18.4. The van der Waals surface area contributed by atoms with Crippen LogP contribution in [-0.4, -0.2) is 73.6 Å². The number of hydrogen-bond acceptors (Lipinski definition) is 6. The van der Waals surface area contributed by atoms with E-state index in [9.17, 15) is 23.1 Å². The number of hydrogen-bond donors (Lipinski definition) is 3. The van der Waals surface area contributed by atoms with Crippen LogP contribution in [0.1, 0.15) is 19.4 Å². The number of carbonyl (C=O) groups is 2. The molecule has 0 bridgehead atoms. The topological polar surface area (TPSA) is 128 Å². The molecule has 0 fully saturated rings. The highest BCUT2D eigenvalue weighted by Crippen LogP contribution is 2.30. The summed E-state index contributed by atoms with van der Waals surface area (Å²) >= 11 is 0. The Hall–Kier alpha value is -3.93. The van der Waals surface area contributed by atoms with Gasteiger partial charge in [-0.3, -0.25) is 4.79 Å². The van der Waals surface area contributed by atoms with Crippen molar-refractivity contribution in [3.05, 3.63) is 84.4 Å². The second-order valence-electron chi connectivity index (χ2n) is 10.3. The number of amides is 3. The van der Waals surface area contributed by atoms with Crippen LogP contribution >= 0.6 is 0 Å². The van der Waals surface area contributed by atoms with Gasteiger partial charge in [-0.15, -0.1) is 0 Å². The first-order valence-electron chi connectivity index (χ1n) is 13.4. The van der Waals surface area contributed by atoms with Gasteiger partial charge in [0.1, 0.15) is 11.9 Å². The van der Waals surface area contributed by atoms with Gasteiger partial charge in [0.2, 0.25) is 15.9 Å². The first-order valence-corrected chi connectivity index (χ1v) is 14.9. The van der Waals surface area contributed by atoms with E-state index >= 15 is 0 Å². The van der Waals surface area contributed by atoms with Crippen molar-refractivity contribution in [2.45, 2.75) is 37.3 Å². The van der Waals surface area contributed by atoms with Crippen molar-refractivity contribution < 1.29 is 27.9 Å². The van der Waals surface area contributed by atoms with Crippen LogP contribution in [0.3, 0.4) is 0 Å². The van der Waals surface area contributed by atoms with Crippen LogP contribution in [0, 0.1) is 5.92 Å². The number of aliphatic hydroxyl groups excluding tert-OH is 1. The molecule has 3 N–H and O–H groups in total. The van der Waals surface area contributed by atoms with Crippen molar-refractivity contribution in [1.82, 2.24) is 9.21 Å². The van der Waals surface area contributed by atoms with E-state index in [4.69, 9.17) is 4.74 Å². The van der Waals surface area contributed by atoms with Gasteiger partial charge in [-0.1, -0.05) is 43.3 Å². The van der Waals surface area contributed by atoms with E-state index in [-0.39, 0.29) is 42.8 Å². The smallest absolute Gasteiger partial charge is 0.323 e. The zero-order valence-electron chi connectivity index (χ0n) is 23.4. The molecule has 3 aromatic carbocycles. The zero-order chi connectivity index (χ0) is 29.6. The molecule has 3 amide bonds. The lowest BCUT2D eigenvalue weighted by molar-refractivity contribution is -0.134. The standard InChI is InChI=1S/C30H36N4O6S/c1-21-18-34(22(2)20-35)29(36)17-23-16-25(32-30(37)31-24-10-6-4-7-11-24)14-15-27(23)40-28(21)19-33(3)41(38,39)26-12-8-5-9-13-26/h4-16,21-22,28,35H,17-20H2,1-3H3,(H2,31,32,37)/t21-,22+,28-/m0/s1. The fraction of sp³-hybridized carbons (Fsp3) is 0.333. The fourth-order valence-electron chi connectivity index (χ4n) is 4.66. The summed E-state index contributed by atoms with van der Waals surface area (Å²) in [5.41, 5.74) is 1.63. The number of ether oxygens (including phenoxy) is 1. The highest BCUT2D eigenvalue weighted by atomic mass is 32.2. The Kier molecular flexibility index (Phi) is 9.64. The summed E-state index contributed by atoms with van der Waals surface area (Å²) in [4.78, 5) is 27.8. The van der Waals surface area contributed by atoms with Gasteiger partial charge in [-0.2, -0.15) is 4.31 Å². The van der Waals surface area contributed by atoms with Gasteiger partial charge >= 0.3 is 6.03 Å². The Balaban J connectivity index is 1.62. The highest BCUT2D eigenvalue weighted by Gasteiger charge is 2.33. The van der Waals surface area contributed by atoms with Gasteiger partial charge in [-0.25, -0.2) is 13.2 Å². The summed E-state index contributed by atoms with van der Waals surface area (Å²) in [6.07, 6.45) is -0.635. The number of benzene rings is 3. The van der Waals surface area contributed by atoms with E-state index in [0.29, 0.717) is 22.7 Å². The molecule has 0 unspecified atom stereocenters. The predicted molar refractivity (Wildman–Crippen MR) is 157 cm³/mol. The predicted octanol–water partition coefficient (Wildman–Crippen LogP) is 3.80. The first-order chi connectivity index (χ1) is 19.6. The molecule has 1 aliphatic heterocycles. The van der Waals surface area contributed by atoms with Crippen LogP contribution in [0.4, 0.5) is 16.2 Å². The molecule has 0 saturated heterocycles. The van der Waals surface area contributed by atoms with Gasteiger partial charge in [-0.05, 0) is 49.4 Å². The third-order valence-electron chi connectivity index (χ3n) is 7.09. The maximum atomic E-state index is 13.4. The lowest BCUT2D eigenvalue weighted by atomic mass is 10.0. The number of rotatable bonds is 8. The van der Waals surface area contributed by atoms with Crippen LogP contribution < -0.4 is 15.4 Å². The molecule has 0 radical (unpaired) electrons. The lowest BCUT2D eigenvalue weighted by Gasteiger charge is -2.33. The summed E-state index contributed by atoms with van der Waals surface area (Å²) in [5.74, 6) is -0.0601. The molecule has 4 rings (SSSR count). The summed E-state index contributed by atoms with van der Waals surface area (Å²) in [7, 11) is -2.28. The molecule has 1 heterocycles. The summed E-state index contributed by atoms with van der Waals surface area (Å²) in [6, 6.07) is 21.3. The second-order valence-corrected chi connectivity index (χ2v) is 12.3. The van der Waals surface area contributed by atoms with E-state index < -0.39 is 28.2 Å². The average molecular weight is 581 g/mol. The number of nitrogens with zero attached hydrogens (tertiary/aromatic N) is 2. The monoisotopic (exact) mass is 580 g/mol. The maximum absolute atomic E-state index is 13.4. The molecule has 10 nitrogen and oxygen atoms in total. The number of nitrogens with one attached hydrogen (secondary N) is 2. The summed E-state index contributed by atoms with van der Waals surface area (Å²) in [5, 5.41) is 15.4. The number of urea groups is 1. The van der Waals surface area contributed by atoms with Crippen LogP contribution in [0.2, 0.25) is 0 Å². The first kappa shape index (κ1) is 30.0. The van der Waals surface area contributed by atoms with Gasteiger partial charge in [0.25, 0.3) is 0 Å². The van der Waals surface area contributed by atoms with Crippen LogP contribution in [0.5, 0.6) is 5.75 Å². The summed E-state index contributed by atoms with van der Waals surface area (Å²) in [6.45, 7) is 3.74. The number of aliphatic hydroxyl groups is 1. The molecule has 0 aromatic heterocycles. The Bertz CT molecular complexity index is 1450. The third kappa shape index (κ3) is 7.43. The van der Waals surface area contributed by atoms with E-state index in [0.717, 1.165) is 0 Å². The largest absolute Gasteiger partial charge is 0.488 e. The Morgan fingerprint density at radius 3 is 2.34 bits per heavy atom. The number of para-hydroxylation sites is 1. The third-order valence-corrected chi connectivity index (χ3v) is 8.93. The molecule has 218 valence electrons. The van der Waals surface area contributed by atoms with Crippen molar-refractivity contribution in [3.8, 4) is 5.75 Å². The molecule has 11 heteroatoms. The SMILES string of the molecule is C[C@H](CO)N1C[C@H](C)[C@H](CN(C)S(=O)(=O)c2ccccc2)Oc2ccc(NC(=O)Nc3ccccc3)cc2CC1=O. The van der Waals surface area contributed by atoms with E-state index in [1.54, 1.807) is 72.5 Å². The second kappa shape index (κ2) is 13.2. The van der Waals surface area contributed by atoms with E-state index in [1.807, 2.05) is 25.1 Å². The number of likely N-dealkylation sites (N-methyl/N-ethyl adjacent to an activating group) is 1. The van der Waals surface area contributed by atoms with E-state index in [2.05, 4.69) is 10.6 Å². The average Bonchev–Trinajstić information content (AvgIpc) is 3.01. The molecule has 41 heavy (non-hydrogen) atoms. The molecule has 0 saturated carbocycles. The van der Waals surface area contributed by atoms with Crippen molar-refractivity contribution in [2.24, 2.45) is 5.92 Å². The molecule has 1 aliphatic rings. The van der Waals surface area contributed by atoms with Gasteiger partial charge in [0.05, 0.1) is 30.5 Å². The Morgan fingerprint density at radius 2 is 1.68 bits per heavy atom. The molecular formula is C30H36N4O6S. The number of carbonyl (C=O) groups excluding carboxylic acids is 2. The van der Waals surface area contributed by atoms with Crippen molar-refractivity contribution in [1.29, 1.82) is 0 Å². The highest BCUT2D eigenvalue weighted by molar-refractivity contribution is 7.89. The minimum Gasteiger partial charge on any atom is -0.488 e. The minimum absolute atomic E-state index is 0.0207. The zero-order valence-corrected chi connectivity index (χ0v) is 24.2. The Labute approximate surface area is 241 Å². The fourth-order valence-corrected chi connectivity index (χ4v) is 5.87. The van der Waals surface area contributed by atoms with Gasteiger partial charge in [0, 0.05) is 36.4 Å². The number of sulfonamides is 1. The minimum atomic E-state index is -3.78. The number of anilines is 2. The van der Waals surface area contributed by atoms with Crippen LogP contribution in [0.15, 0.2) is 83.8 Å². The molecule has 3 atom stereocenters. The molecule has 3 aromatic rings. The van der Waals surface area contributed by atoms with Crippen molar-refractivity contribution >= 4 is 33.3 Å².